The average molecular weight is 418 g/mol. The van der Waals surface area contributed by atoms with Gasteiger partial charge in [0.25, 0.3) is 0 Å². The quantitative estimate of drug-likeness (QED) is 0.494. The van der Waals surface area contributed by atoms with Gasteiger partial charge in [0.15, 0.2) is 0 Å². The van der Waals surface area contributed by atoms with Crippen LogP contribution in [0.1, 0.15) is 49.7 Å². The van der Waals surface area contributed by atoms with Crippen LogP contribution >= 0.6 is 11.6 Å². The second-order valence-corrected chi connectivity index (χ2v) is 9.22. The third kappa shape index (κ3) is 4.22. The molecular formula is C26H28ClN3. The van der Waals surface area contributed by atoms with Crippen LogP contribution in [-0.4, -0.2) is 22.0 Å². The van der Waals surface area contributed by atoms with E-state index in [-0.39, 0.29) is 0 Å². The molecule has 3 aliphatic rings. The number of nitrogens with zero attached hydrogens (tertiary/aromatic N) is 3. The zero-order valence-corrected chi connectivity index (χ0v) is 18.2. The van der Waals surface area contributed by atoms with Crippen LogP contribution in [-0.2, 0) is 6.54 Å². The van der Waals surface area contributed by atoms with E-state index in [0.717, 1.165) is 48.5 Å². The minimum absolute atomic E-state index is 0.473. The summed E-state index contributed by atoms with van der Waals surface area (Å²) in [5.41, 5.74) is 6.78. The fraction of sp³-hybridized carbons (Fsp3) is 0.385. The van der Waals surface area contributed by atoms with E-state index in [1.807, 2.05) is 29.2 Å². The molecule has 0 spiro atoms. The summed E-state index contributed by atoms with van der Waals surface area (Å²) >= 11 is 6.33. The van der Waals surface area contributed by atoms with Gasteiger partial charge in [0.1, 0.15) is 0 Å². The molecule has 3 unspecified atom stereocenters. The first-order valence-corrected chi connectivity index (χ1v) is 11.4. The van der Waals surface area contributed by atoms with Crippen molar-refractivity contribution in [2.24, 2.45) is 16.8 Å². The minimum atomic E-state index is 0.473. The molecule has 0 N–H and O–H groups in total. The van der Waals surface area contributed by atoms with Gasteiger partial charge >= 0.3 is 0 Å². The van der Waals surface area contributed by atoms with Crippen LogP contribution in [0, 0.1) is 11.8 Å². The lowest BCUT2D eigenvalue weighted by Crippen LogP contribution is -2.14. The van der Waals surface area contributed by atoms with E-state index in [1.165, 1.54) is 35.1 Å². The Kier molecular flexibility index (Phi) is 5.47. The Labute approximate surface area is 183 Å². The van der Waals surface area contributed by atoms with Crippen molar-refractivity contribution >= 4 is 22.9 Å². The molecule has 1 fully saturated rings. The summed E-state index contributed by atoms with van der Waals surface area (Å²) in [5.74, 6) is 2.04. The molecule has 1 aromatic carbocycles. The topological polar surface area (TPSA) is 30.2 Å². The van der Waals surface area contributed by atoms with Crippen molar-refractivity contribution in [3.8, 4) is 0 Å². The Hall–Kier alpha value is -2.39. The fourth-order valence-electron chi connectivity index (χ4n) is 4.89. The summed E-state index contributed by atoms with van der Waals surface area (Å²) < 4.78 is 2.01. The molecule has 0 radical (unpaired) electrons. The number of benzene rings is 1. The lowest BCUT2D eigenvalue weighted by atomic mass is 9.92. The third-order valence-electron chi connectivity index (χ3n) is 6.69. The summed E-state index contributed by atoms with van der Waals surface area (Å²) in [7, 11) is 0. The highest BCUT2D eigenvalue weighted by molar-refractivity contribution is 6.30. The first-order chi connectivity index (χ1) is 14.7. The zero-order chi connectivity index (χ0) is 20.5. The molecule has 0 bridgehead atoms. The highest BCUT2D eigenvalue weighted by Gasteiger charge is 2.40. The zero-order valence-electron chi connectivity index (χ0n) is 17.5. The van der Waals surface area contributed by atoms with E-state index in [1.54, 1.807) is 0 Å². The Morgan fingerprint density at radius 1 is 1.33 bits per heavy atom. The lowest BCUT2D eigenvalue weighted by Gasteiger charge is -2.19. The maximum Gasteiger partial charge on any atom is 0.0489 e. The number of fused-ring (bicyclic) bond motifs is 3. The Morgan fingerprint density at radius 2 is 2.27 bits per heavy atom. The molecule has 1 heterocycles. The van der Waals surface area contributed by atoms with Gasteiger partial charge in [-0.3, -0.25) is 9.67 Å². The predicted molar refractivity (Wildman–Crippen MR) is 125 cm³/mol. The van der Waals surface area contributed by atoms with Crippen LogP contribution < -0.4 is 0 Å². The van der Waals surface area contributed by atoms with Crippen LogP contribution in [0.3, 0.4) is 0 Å². The largest absolute Gasteiger partial charge is 0.289 e. The van der Waals surface area contributed by atoms with Crippen LogP contribution in [0.5, 0.6) is 0 Å². The van der Waals surface area contributed by atoms with Crippen LogP contribution in [0.25, 0.3) is 5.57 Å². The third-order valence-corrected chi connectivity index (χ3v) is 6.92. The summed E-state index contributed by atoms with van der Waals surface area (Å²) in [6.07, 6.45) is 17.5. The number of halogens is 1. The molecule has 5 rings (SSSR count). The molecule has 1 saturated carbocycles. The first kappa shape index (κ1) is 19.6. The van der Waals surface area contributed by atoms with Gasteiger partial charge in [0, 0.05) is 42.1 Å². The molecule has 30 heavy (non-hydrogen) atoms. The molecule has 3 atom stereocenters. The molecule has 3 aliphatic carbocycles. The Morgan fingerprint density at radius 3 is 3.13 bits per heavy atom. The van der Waals surface area contributed by atoms with Crippen LogP contribution in [0.15, 0.2) is 71.5 Å². The van der Waals surface area contributed by atoms with Crippen molar-refractivity contribution in [2.75, 3.05) is 6.54 Å². The number of hydrogen-bond donors (Lipinski definition) is 0. The van der Waals surface area contributed by atoms with Gasteiger partial charge in [-0.2, -0.15) is 5.10 Å². The van der Waals surface area contributed by atoms with Crippen LogP contribution in [0.4, 0.5) is 0 Å². The smallest absolute Gasteiger partial charge is 0.0489 e. The number of aliphatic imine (C=N–C) groups is 1. The van der Waals surface area contributed by atoms with Gasteiger partial charge in [-0.1, -0.05) is 42.0 Å². The normalized spacial score (nSPS) is 25.1. The standard InChI is InChI=1S/C26H28ClN3/c1-18(21-5-2-4-19(14-21)17-30-13-3-11-29-30)28-12-10-20-6-7-22-15-25(22)24-9-8-23(27)16-26(20)24/h2-6,8-9,11,13,16,19,22,25H,7,10,12,14-15,17H2,1H3. The molecule has 154 valence electrons. The van der Waals surface area contributed by atoms with Crippen molar-refractivity contribution in [3.05, 3.63) is 82.7 Å². The molecular weight excluding hydrogens is 390 g/mol. The minimum Gasteiger partial charge on any atom is -0.289 e. The molecule has 0 saturated heterocycles. The van der Waals surface area contributed by atoms with Gasteiger partial charge < -0.3 is 0 Å². The van der Waals surface area contributed by atoms with Crippen molar-refractivity contribution in [2.45, 2.75) is 45.1 Å². The SMILES string of the molecule is CC(=NCCC1=CCC2CC2c2ccc(Cl)cc21)C1=CC=CC(Cn2cccn2)C1. The molecule has 0 aliphatic heterocycles. The van der Waals surface area contributed by atoms with Crippen molar-refractivity contribution < 1.29 is 0 Å². The van der Waals surface area contributed by atoms with E-state index in [0.29, 0.717) is 5.92 Å². The summed E-state index contributed by atoms with van der Waals surface area (Å²) in [6, 6.07) is 8.43. The van der Waals surface area contributed by atoms with E-state index < -0.39 is 0 Å². The van der Waals surface area contributed by atoms with Gasteiger partial charge in [0.2, 0.25) is 0 Å². The van der Waals surface area contributed by atoms with Crippen molar-refractivity contribution in [3.63, 3.8) is 0 Å². The van der Waals surface area contributed by atoms with E-state index in [2.05, 4.69) is 48.5 Å². The van der Waals surface area contributed by atoms with Gasteiger partial charge in [-0.15, -0.1) is 0 Å². The summed E-state index contributed by atoms with van der Waals surface area (Å²) in [5, 5.41) is 5.17. The van der Waals surface area contributed by atoms with Gasteiger partial charge in [-0.05, 0) is 84.9 Å². The second-order valence-electron chi connectivity index (χ2n) is 8.79. The van der Waals surface area contributed by atoms with Crippen molar-refractivity contribution in [1.82, 2.24) is 9.78 Å². The summed E-state index contributed by atoms with van der Waals surface area (Å²) in [6.45, 7) is 3.89. The number of allylic oxidation sites excluding steroid dienone is 5. The monoisotopic (exact) mass is 417 g/mol. The first-order valence-electron chi connectivity index (χ1n) is 11.0. The summed E-state index contributed by atoms with van der Waals surface area (Å²) in [4.78, 5) is 4.95. The highest BCUT2D eigenvalue weighted by Crippen LogP contribution is 2.54. The van der Waals surface area contributed by atoms with Crippen LogP contribution in [0.2, 0.25) is 5.02 Å². The predicted octanol–water partition coefficient (Wildman–Crippen LogP) is 6.48. The maximum atomic E-state index is 6.33. The molecule has 3 nitrogen and oxygen atoms in total. The van der Waals surface area contributed by atoms with Gasteiger partial charge in [0.05, 0.1) is 0 Å². The Bertz CT molecular complexity index is 1040. The Balaban J connectivity index is 1.23. The highest BCUT2D eigenvalue weighted by atomic mass is 35.5. The lowest BCUT2D eigenvalue weighted by molar-refractivity contribution is 0.487. The molecule has 1 aromatic heterocycles. The second kappa shape index (κ2) is 8.39. The molecule has 0 amide bonds. The maximum absolute atomic E-state index is 6.33. The number of hydrogen-bond acceptors (Lipinski definition) is 2. The van der Waals surface area contributed by atoms with Crippen molar-refractivity contribution in [1.29, 1.82) is 0 Å². The van der Waals surface area contributed by atoms with Gasteiger partial charge in [-0.25, -0.2) is 0 Å². The fourth-order valence-corrected chi connectivity index (χ4v) is 5.07. The average Bonchev–Trinajstić information content (AvgIpc) is 3.37. The number of rotatable bonds is 6. The van der Waals surface area contributed by atoms with E-state index in [9.17, 15) is 0 Å². The molecule has 2 aromatic rings. The number of aromatic nitrogens is 2. The van der Waals surface area contributed by atoms with E-state index >= 15 is 0 Å². The molecule has 4 heteroatoms. The van der Waals surface area contributed by atoms with E-state index in [4.69, 9.17) is 16.6 Å².